The number of halogens is 1. The minimum atomic E-state index is 0.492. The van der Waals surface area contributed by atoms with E-state index < -0.39 is 0 Å². The highest BCUT2D eigenvalue weighted by Crippen LogP contribution is 2.21. The predicted molar refractivity (Wildman–Crippen MR) is 73.3 cm³/mol. The van der Waals surface area contributed by atoms with E-state index >= 15 is 0 Å². The number of nitrogens with zero attached hydrogens (tertiary/aromatic N) is 1. The molecule has 0 radical (unpaired) electrons. The summed E-state index contributed by atoms with van der Waals surface area (Å²) in [6.45, 7) is 1.62. The highest BCUT2D eigenvalue weighted by Gasteiger charge is 2.12. The lowest BCUT2D eigenvalue weighted by Gasteiger charge is -2.22. The van der Waals surface area contributed by atoms with E-state index in [2.05, 4.69) is 26.2 Å². The van der Waals surface area contributed by atoms with Gasteiger partial charge in [0.1, 0.15) is 0 Å². The van der Waals surface area contributed by atoms with E-state index in [1.807, 2.05) is 6.07 Å². The molecular weight excluding hydrogens is 280 g/mol. The Bertz CT molecular complexity index is 340. The summed E-state index contributed by atoms with van der Waals surface area (Å²) in [4.78, 5) is 4.03. The lowest BCUT2D eigenvalue weighted by Crippen LogP contribution is -2.20. The van der Waals surface area contributed by atoms with E-state index in [-0.39, 0.29) is 0 Å². The van der Waals surface area contributed by atoms with Crippen LogP contribution in [0.25, 0.3) is 0 Å². The van der Waals surface area contributed by atoms with E-state index in [1.165, 1.54) is 32.1 Å². The van der Waals surface area contributed by atoms with Crippen molar-refractivity contribution in [1.82, 2.24) is 4.98 Å². The fourth-order valence-corrected chi connectivity index (χ4v) is 2.55. The van der Waals surface area contributed by atoms with Crippen LogP contribution in [0.2, 0.25) is 0 Å². The van der Waals surface area contributed by atoms with Crippen molar-refractivity contribution in [1.29, 1.82) is 0 Å². The molecule has 1 aliphatic rings. The summed E-state index contributed by atoms with van der Waals surface area (Å²) >= 11 is 3.46. The summed E-state index contributed by atoms with van der Waals surface area (Å²) in [5, 5.41) is 3.34. The minimum Gasteiger partial charge on any atom is -0.382 e. The van der Waals surface area contributed by atoms with Gasteiger partial charge in [-0.05, 0) is 34.8 Å². The molecule has 0 unspecified atom stereocenters. The van der Waals surface area contributed by atoms with Gasteiger partial charge >= 0.3 is 0 Å². The van der Waals surface area contributed by atoms with E-state index in [4.69, 9.17) is 4.74 Å². The summed E-state index contributed by atoms with van der Waals surface area (Å²) in [5.41, 5.74) is 1.08. The zero-order chi connectivity index (χ0) is 11.9. The highest BCUT2D eigenvalue weighted by molar-refractivity contribution is 9.10. The lowest BCUT2D eigenvalue weighted by molar-refractivity contribution is 0.0347. The first-order valence-corrected chi connectivity index (χ1v) is 7.10. The second kappa shape index (κ2) is 6.97. The number of anilines is 1. The van der Waals surface area contributed by atoms with Crippen LogP contribution >= 0.6 is 15.9 Å². The van der Waals surface area contributed by atoms with Crippen LogP contribution in [-0.2, 0) is 4.74 Å². The maximum absolute atomic E-state index is 5.85. The number of hydrogen-bond donors (Lipinski definition) is 1. The lowest BCUT2D eigenvalue weighted by atomic mass is 9.98. The molecule has 94 valence electrons. The van der Waals surface area contributed by atoms with Gasteiger partial charge in [0.15, 0.2) is 0 Å². The summed E-state index contributed by atoms with van der Waals surface area (Å²) in [6, 6.07) is 1.96. The van der Waals surface area contributed by atoms with E-state index in [0.717, 1.165) is 23.3 Å². The van der Waals surface area contributed by atoms with E-state index in [1.54, 1.807) is 12.4 Å². The van der Waals surface area contributed by atoms with Gasteiger partial charge in [0.05, 0.1) is 22.9 Å². The zero-order valence-electron chi connectivity index (χ0n) is 9.99. The fraction of sp³-hybridized carbons (Fsp3) is 0.615. The average molecular weight is 299 g/mol. The summed E-state index contributed by atoms with van der Waals surface area (Å²) in [7, 11) is 0. The maximum Gasteiger partial charge on any atom is 0.0642 e. The fourth-order valence-electron chi connectivity index (χ4n) is 2.16. The van der Waals surface area contributed by atoms with Crippen molar-refractivity contribution in [2.75, 3.05) is 18.5 Å². The molecule has 17 heavy (non-hydrogen) atoms. The largest absolute Gasteiger partial charge is 0.382 e. The number of rotatable bonds is 5. The summed E-state index contributed by atoms with van der Waals surface area (Å²) in [5.74, 6) is 0. The van der Waals surface area contributed by atoms with Crippen LogP contribution in [0.15, 0.2) is 22.9 Å². The topological polar surface area (TPSA) is 34.2 Å². The van der Waals surface area contributed by atoms with Crippen LogP contribution in [0.5, 0.6) is 0 Å². The molecule has 0 saturated heterocycles. The van der Waals surface area contributed by atoms with Crippen LogP contribution in [0.3, 0.4) is 0 Å². The number of aromatic nitrogens is 1. The van der Waals surface area contributed by atoms with Crippen LogP contribution in [0.4, 0.5) is 5.69 Å². The van der Waals surface area contributed by atoms with Crippen molar-refractivity contribution < 1.29 is 4.74 Å². The molecule has 1 aromatic heterocycles. The Labute approximate surface area is 111 Å². The Balaban J connectivity index is 1.64. The third kappa shape index (κ3) is 4.28. The smallest absolute Gasteiger partial charge is 0.0642 e. The van der Waals surface area contributed by atoms with Crippen LogP contribution in [0.1, 0.15) is 32.1 Å². The third-order valence-corrected chi connectivity index (χ3v) is 3.73. The molecule has 0 amide bonds. The molecule has 1 N–H and O–H groups in total. The van der Waals surface area contributed by atoms with Gasteiger partial charge in [0.2, 0.25) is 0 Å². The number of hydrogen-bond acceptors (Lipinski definition) is 3. The molecule has 0 bridgehead atoms. The van der Waals surface area contributed by atoms with Gasteiger partial charge in [-0.3, -0.25) is 4.98 Å². The van der Waals surface area contributed by atoms with Crippen LogP contribution in [0, 0.1) is 0 Å². The van der Waals surface area contributed by atoms with Crippen molar-refractivity contribution in [2.24, 2.45) is 0 Å². The zero-order valence-corrected chi connectivity index (χ0v) is 11.6. The quantitative estimate of drug-likeness (QED) is 0.843. The first-order valence-electron chi connectivity index (χ1n) is 6.31. The normalized spacial score (nSPS) is 17.0. The minimum absolute atomic E-state index is 0.492. The van der Waals surface area contributed by atoms with E-state index in [9.17, 15) is 0 Å². The summed E-state index contributed by atoms with van der Waals surface area (Å²) < 4.78 is 6.85. The molecular formula is C13H19BrN2O. The summed E-state index contributed by atoms with van der Waals surface area (Å²) in [6.07, 6.45) is 10.6. The number of pyridine rings is 1. The molecule has 1 heterocycles. The molecule has 0 atom stereocenters. The Morgan fingerprint density at radius 3 is 2.94 bits per heavy atom. The van der Waals surface area contributed by atoms with Crippen LogP contribution in [-0.4, -0.2) is 24.2 Å². The molecule has 3 nitrogen and oxygen atoms in total. The number of nitrogens with one attached hydrogen (secondary N) is 1. The first kappa shape index (κ1) is 12.8. The second-order valence-electron chi connectivity index (χ2n) is 4.41. The van der Waals surface area contributed by atoms with Gasteiger partial charge in [-0.15, -0.1) is 0 Å². The molecule has 0 aromatic carbocycles. The van der Waals surface area contributed by atoms with Crippen molar-refractivity contribution >= 4 is 21.6 Å². The van der Waals surface area contributed by atoms with Gasteiger partial charge in [-0.1, -0.05) is 19.3 Å². The maximum atomic E-state index is 5.85. The van der Waals surface area contributed by atoms with Gasteiger partial charge in [0, 0.05) is 18.9 Å². The molecule has 2 rings (SSSR count). The van der Waals surface area contributed by atoms with Crippen LogP contribution < -0.4 is 5.32 Å². The molecule has 1 aromatic rings. The van der Waals surface area contributed by atoms with E-state index in [0.29, 0.717) is 6.10 Å². The Kier molecular flexibility index (Phi) is 5.26. The average Bonchev–Trinajstić information content (AvgIpc) is 2.38. The first-order chi connectivity index (χ1) is 8.36. The van der Waals surface area contributed by atoms with Crippen molar-refractivity contribution in [2.45, 2.75) is 38.2 Å². The Morgan fingerprint density at radius 2 is 2.18 bits per heavy atom. The van der Waals surface area contributed by atoms with Crippen molar-refractivity contribution in [3.8, 4) is 0 Å². The second-order valence-corrected chi connectivity index (χ2v) is 5.27. The van der Waals surface area contributed by atoms with Gasteiger partial charge in [0.25, 0.3) is 0 Å². The monoisotopic (exact) mass is 298 g/mol. The molecule has 1 aliphatic carbocycles. The molecule has 1 saturated carbocycles. The van der Waals surface area contributed by atoms with Gasteiger partial charge in [-0.2, -0.15) is 0 Å². The molecule has 1 fully saturated rings. The Hall–Kier alpha value is -0.610. The Morgan fingerprint density at radius 1 is 1.35 bits per heavy atom. The highest BCUT2D eigenvalue weighted by atomic mass is 79.9. The number of ether oxygens (including phenoxy) is 1. The standard InChI is InChI=1S/C13H19BrN2O/c14-12-10-15-7-6-13(12)16-8-9-17-11-4-2-1-3-5-11/h6-7,10-11H,1-5,8-9H2,(H,15,16). The molecule has 0 aliphatic heterocycles. The van der Waals surface area contributed by atoms with Gasteiger partial charge in [-0.25, -0.2) is 0 Å². The molecule has 0 spiro atoms. The van der Waals surface area contributed by atoms with Gasteiger partial charge < -0.3 is 10.1 Å². The third-order valence-electron chi connectivity index (χ3n) is 3.10. The SMILES string of the molecule is Brc1cnccc1NCCOC1CCCCC1. The molecule has 4 heteroatoms. The van der Waals surface area contributed by atoms with Crippen molar-refractivity contribution in [3.05, 3.63) is 22.9 Å². The van der Waals surface area contributed by atoms with Crippen molar-refractivity contribution in [3.63, 3.8) is 0 Å². The predicted octanol–water partition coefficient (Wildman–Crippen LogP) is 3.61.